The van der Waals surface area contributed by atoms with Crippen molar-refractivity contribution < 1.29 is 9.59 Å². The van der Waals surface area contributed by atoms with E-state index in [1.807, 2.05) is 17.5 Å². The van der Waals surface area contributed by atoms with Gasteiger partial charge < -0.3 is 16.4 Å². The minimum Gasteiger partial charge on any atom is -0.330 e. The van der Waals surface area contributed by atoms with Crippen molar-refractivity contribution in [2.24, 2.45) is 5.73 Å². The van der Waals surface area contributed by atoms with E-state index in [2.05, 4.69) is 20.6 Å². The van der Waals surface area contributed by atoms with Crippen LogP contribution in [0, 0.1) is 0 Å². The minimum absolute atomic E-state index is 0.128. The number of rotatable bonds is 7. The molecular formula is C17H19N5O2S2. The number of hydrogen-bond donors (Lipinski definition) is 3. The molecule has 0 fully saturated rings. The van der Waals surface area contributed by atoms with Crippen LogP contribution in [-0.4, -0.2) is 28.3 Å². The number of anilines is 2. The first kappa shape index (κ1) is 18.4. The molecule has 26 heavy (non-hydrogen) atoms. The summed E-state index contributed by atoms with van der Waals surface area (Å²) in [6.45, 7) is 2.10. The molecule has 0 unspecified atom stereocenters. The standard InChI is InChI=1S/C17H19N5O2S2/c1-10(23)19-11-4-5-13-14(7-11)26-17(21-13)22-15(24)8-12-9-25-16(20-12)3-2-6-18/h4-5,7,9H,2-3,6,8,18H2,1H3,(H,19,23)(H,21,22,24). The number of nitrogens with two attached hydrogens (primary N) is 1. The Morgan fingerprint density at radius 2 is 2.08 bits per heavy atom. The van der Waals surface area contributed by atoms with E-state index < -0.39 is 0 Å². The SMILES string of the molecule is CC(=O)Nc1ccc2nc(NC(=O)Cc3csc(CCCN)n3)sc2c1. The van der Waals surface area contributed by atoms with Crippen LogP contribution in [0.2, 0.25) is 0 Å². The van der Waals surface area contributed by atoms with E-state index in [0.717, 1.165) is 33.8 Å². The third-order valence-corrected chi connectivity index (χ3v) is 5.38. The van der Waals surface area contributed by atoms with Gasteiger partial charge in [0.15, 0.2) is 5.13 Å². The number of aromatic nitrogens is 2. The number of nitrogens with zero attached hydrogens (tertiary/aromatic N) is 2. The molecule has 0 saturated heterocycles. The molecule has 0 bridgehead atoms. The molecule has 4 N–H and O–H groups in total. The molecule has 9 heteroatoms. The molecular weight excluding hydrogens is 370 g/mol. The Morgan fingerprint density at radius 3 is 2.85 bits per heavy atom. The van der Waals surface area contributed by atoms with Crippen molar-refractivity contribution in [1.82, 2.24) is 9.97 Å². The predicted octanol–water partition coefficient (Wildman–Crippen LogP) is 2.78. The number of amides is 2. The molecule has 1 aromatic carbocycles. The topological polar surface area (TPSA) is 110 Å². The van der Waals surface area contributed by atoms with Gasteiger partial charge in [0.1, 0.15) is 0 Å². The molecule has 3 aromatic rings. The van der Waals surface area contributed by atoms with Gasteiger partial charge in [0.2, 0.25) is 11.8 Å². The van der Waals surface area contributed by atoms with Gasteiger partial charge in [-0.2, -0.15) is 0 Å². The van der Waals surface area contributed by atoms with Gasteiger partial charge in [-0.25, -0.2) is 9.97 Å². The number of carbonyl (C=O) groups is 2. The second-order valence-corrected chi connectivity index (χ2v) is 7.71. The van der Waals surface area contributed by atoms with Crippen molar-refractivity contribution in [3.8, 4) is 0 Å². The summed E-state index contributed by atoms with van der Waals surface area (Å²) in [5, 5.41) is 8.99. The van der Waals surface area contributed by atoms with Gasteiger partial charge in [-0.05, 0) is 31.2 Å². The minimum atomic E-state index is -0.151. The van der Waals surface area contributed by atoms with Gasteiger partial charge in [0.05, 0.1) is 27.3 Å². The van der Waals surface area contributed by atoms with E-state index in [4.69, 9.17) is 5.73 Å². The van der Waals surface area contributed by atoms with Gasteiger partial charge in [-0.3, -0.25) is 9.59 Å². The second kappa shape index (κ2) is 8.35. The second-order valence-electron chi connectivity index (χ2n) is 5.73. The highest BCUT2D eigenvalue weighted by molar-refractivity contribution is 7.22. The van der Waals surface area contributed by atoms with E-state index in [0.29, 0.717) is 17.4 Å². The van der Waals surface area contributed by atoms with Crippen LogP contribution in [0.15, 0.2) is 23.6 Å². The monoisotopic (exact) mass is 389 g/mol. The Kier molecular flexibility index (Phi) is 5.92. The van der Waals surface area contributed by atoms with E-state index >= 15 is 0 Å². The Hall–Kier alpha value is -2.36. The zero-order valence-electron chi connectivity index (χ0n) is 14.2. The molecule has 0 atom stereocenters. The van der Waals surface area contributed by atoms with Crippen LogP contribution in [0.3, 0.4) is 0 Å². The number of aryl methyl sites for hydroxylation is 1. The van der Waals surface area contributed by atoms with E-state index in [-0.39, 0.29) is 18.2 Å². The molecule has 0 aliphatic rings. The first-order valence-electron chi connectivity index (χ1n) is 8.15. The lowest BCUT2D eigenvalue weighted by Gasteiger charge is -1.99. The Balaban J connectivity index is 1.63. The van der Waals surface area contributed by atoms with Crippen LogP contribution in [0.4, 0.5) is 10.8 Å². The molecule has 7 nitrogen and oxygen atoms in total. The van der Waals surface area contributed by atoms with Crippen LogP contribution >= 0.6 is 22.7 Å². The number of fused-ring (bicyclic) bond motifs is 1. The Labute approximate surface area is 158 Å². The lowest BCUT2D eigenvalue weighted by molar-refractivity contribution is -0.116. The highest BCUT2D eigenvalue weighted by Crippen LogP contribution is 2.28. The summed E-state index contributed by atoms with van der Waals surface area (Å²) in [5.41, 5.74) is 7.74. The van der Waals surface area contributed by atoms with Gasteiger partial charge in [-0.15, -0.1) is 11.3 Å². The molecule has 2 amide bonds. The highest BCUT2D eigenvalue weighted by Gasteiger charge is 2.11. The van der Waals surface area contributed by atoms with Crippen LogP contribution in [0.25, 0.3) is 10.2 Å². The van der Waals surface area contributed by atoms with Gasteiger partial charge in [0, 0.05) is 24.4 Å². The smallest absolute Gasteiger partial charge is 0.232 e. The lowest BCUT2D eigenvalue weighted by Crippen LogP contribution is -2.14. The van der Waals surface area contributed by atoms with Crippen molar-refractivity contribution >= 4 is 55.5 Å². The lowest BCUT2D eigenvalue weighted by atomic mass is 10.3. The zero-order valence-corrected chi connectivity index (χ0v) is 15.9. The van der Waals surface area contributed by atoms with Crippen LogP contribution in [0.1, 0.15) is 24.0 Å². The Morgan fingerprint density at radius 1 is 1.23 bits per heavy atom. The highest BCUT2D eigenvalue weighted by atomic mass is 32.1. The maximum Gasteiger partial charge on any atom is 0.232 e. The van der Waals surface area contributed by atoms with Crippen molar-refractivity contribution in [1.29, 1.82) is 0 Å². The average Bonchev–Trinajstić information content (AvgIpc) is 3.18. The maximum absolute atomic E-state index is 12.2. The van der Waals surface area contributed by atoms with Crippen LogP contribution in [-0.2, 0) is 22.4 Å². The fourth-order valence-corrected chi connectivity index (χ4v) is 4.15. The van der Waals surface area contributed by atoms with Gasteiger partial charge in [-0.1, -0.05) is 11.3 Å². The molecule has 0 aliphatic carbocycles. The third kappa shape index (κ3) is 4.84. The largest absolute Gasteiger partial charge is 0.330 e. The summed E-state index contributed by atoms with van der Waals surface area (Å²) < 4.78 is 0.893. The molecule has 136 valence electrons. The zero-order chi connectivity index (χ0) is 18.5. The third-order valence-electron chi connectivity index (χ3n) is 3.49. The fraction of sp³-hybridized carbons (Fsp3) is 0.294. The average molecular weight is 390 g/mol. The quantitative estimate of drug-likeness (QED) is 0.575. The first-order valence-corrected chi connectivity index (χ1v) is 9.84. The summed E-state index contributed by atoms with van der Waals surface area (Å²) in [7, 11) is 0. The molecule has 0 radical (unpaired) electrons. The van der Waals surface area contributed by atoms with Crippen LogP contribution < -0.4 is 16.4 Å². The molecule has 2 heterocycles. The van der Waals surface area contributed by atoms with Crippen molar-refractivity contribution in [2.75, 3.05) is 17.2 Å². The number of thiazole rings is 2. The fourth-order valence-electron chi connectivity index (χ4n) is 2.39. The number of carbonyl (C=O) groups excluding carboxylic acids is 2. The molecule has 2 aromatic heterocycles. The van der Waals surface area contributed by atoms with Gasteiger partial charge in [0.25, 0.3) is 0 Å². The van der Waals surface area contributed by atoms with E-state index in [9.17, 15) is 9.59 Å². The molecule has 0 aliphatic heterocycles. The summed E-state index contributed by atoms with van der Waals surface area (Å²) in [6.07, 6.45) is 1.95. The van der Waals surface area contributed by atoms with Crippen molar-refractivity contribution in [3.05, 3.63) is 34.3 Å². The maximum atomic E-state index is 12.2. The van der Waals surface area contributed by atoms with Crippen molar-refractivity contribution in [2.45, 2.75) is 26.2 Å². The van der Waals surface area contributed by atoms with Crippen molar-refractivity contribution in [3.63, 3.8) is 0 Å². The van der Waals surface area contributed by atoms with Gasteiger partial charge >= 0.3 is 0 Å². The first-order chi connectivity index (χ1) is 12.5. The normalized spacial score (nSPS) is 10.8. The Bertz CT molecular complexity index is 934. The molecule has 0 spiro atoms. The summed E-state index contributed by atoms with van der Waals surface area (Å²) in [4.78, 5) is 32.2. The van der Waals surface area contributed by atoms with E-state index in [1.54, 1.807) is 17.4 Å². The number of hydrogen-bond acceptors (Lipinski definition) is 7. The molecule has 3 rings (SSSR count). The summed E-state index contributed by atoms with van der Waals surface area (Å²) in [6, 6.07) is 5.44. The number of nitrogens with one attached hydrogen (secondary N) is 2. The van der Waals surface area contributed by atoms with Crippen LogP contribution in [0.5, 0.6) is 0 Å². The predicted molar refractivity (Wildman–Crippen MR) is 106 cm³/mol. The number of benzene rings is 1. The summed E-state index contributed by atoms with van der Waals surface area (Å²) in [5.74, 6) is -0.279. The summed E-state index contributed by atoms with van der Waals surface area (Å²) >= 11 is 2.92. The molecule has 0 saturated carbocycles. The van der Waals surface area contributed by atoms with E-state index in [1.165, 1.54) is 18.3 Å².